The third-order valence-electron chi connectivity index (χ3n) is 2.98. The fourth-order valence-electron chi connectivity index (χ4n) is 2.03. The molecule has 0 bridgehead atoms. The molecule has 0 aliphatic rings. The Morgan fingerprint density at radius 1 is 1.42 bits per heavy atom. The van der Waals surface area contributed by atoms with E-state index >= 15 is 0 Å². The lowest BCUT2D eigenvalue weighted by atomic mass is 10.0. The zero-order valence-electron chi connectivity index (χ0n) is 11.0. The Morgan fingerprint density at radius 3 is 2.84 bits per heavy atom. The highest BCUT2D eigenvalue weighted by Crippen LogP contribution is 2.19. The topological polar surface area (TPSA) is 68.8 Å². The number of hydrogen-bond donors (Lipinski definition) is 2. The summed E-state index contributed by atoms with van der Waals surface area (Å²) in [5, 5.41) is 4.25. The Bertz CT molecular complexity index is 537. The van der Waals surface area contributed by atoms with Gasteiger partial charge >= 0.3 is 0 Å². The SMILES string of the molecule is CC(C)n1ncnc1CC(NN)c1cccc(I)c1. The first-order chi connectivity index (χ1) is 9.11. The van der Waals surface area contributed by atoms with Crippen LogP contribution in [-0.4, -0.2) is 14.8 Å². The highest BCUT2D eigenvalue weighted by atomic mass is 127. The van der Waals surface area contributed by atoms with Gasteiger partial charge in [0, 0.05) is 16.0 Å². The van der Waals surface area contributed by atoms with E-state index in [0.29, 0.717) is 6.04 Å². The van der Waals surface area contributed by atoms with Crippen molar-refractivity contribution < 1.29 is 0 Å². The largest absolute Gasteiger partial charge is 0.271 e. The number of nitrogens with one attached hydrogen (secondary N) is 1. The summed E-state index contributed by atoms with van der Waals surface area (Å²) in [6.07, 6.45) is 2.31. The summed E-state index contributed by atoms with van der Waals surface area (Å²) in [4.78, 5) is 4.33. The summed E-state index contributed by atoms with van der Waals surface area (Å²) in [6, 6.07) is 8.63. The number of nitrogens with two attached hydrogens (primary N) is 1. The number of halogens is 1. The average Bonchev–Trinajstić information content (AvgIpc) is 2.84. The molecule has 1 aromatic heterocycles. The molecule has 102 valence electrons. The fraction of sp³-hybridized carbons (Fsp3) is 0.385. The number of aromatic nitrogens is 3. The number of benzene rings is 1. The molecule has 2 rings (SSSR count). The van der Waals surface area contributed by atoms with Crippen molar-refractivity contribution in [2.24, 2.45) is 5.84 Å². The highest BCUT2D eigenvalue weighted by molar-refractivity contribution is 14.1. The van der Waals surface area contributed by atoms with Crippen LogP contribution in [0.1, 0.15) is 37.3 Å². The van der Waals surface area contributed by atoms with E-state index in [1.165, 1.54) is 3.57 Å². The molecule has 0 saturated carbocycles. The molecule has 1 unspecified atom stereocenters. The smallest absolute Gasteiger partial charge is 0.138 e. The Kier molecular flexibility index (Phi) is 4.89. The van der Waals surface area contributed by atoms with Crippen LogP contribution in [-0.2, 0) is 6.42 Å². The molecule has 0 fully saturated rings. The lowest BCUT2D eigenvalue weighted by Gasteiger charge is -2.17. The van der Waals surface area contributed by atoms with Crippen LogP contribution in [0.2, 0.25) is 0 Å². The van der Waals surface area contributed by atoms with Gasteiger partial charge in [-0.25, -0.2) is 9.67 Å². The third kappa shape index (κ3) is 3.52. The van der Waals surface area contributed by atoms with Gasteiger partial charge in [0.2, 0.25) is 0 Å². The van der Waals surface area contributed by atoms with Crippen molar-refractivity contribution in [3.63, 3.8) is 0 Å². The number of nitrogens with zero attached hydrogens (tertiary/aromatic N) is 3. The molecule has 0 aliphatic heterocycles. The average molecular weight is 371 g/mol. The summed E-state index contributed by atoms with van der Waals surface area (Å²) in [7, 11) is 0. The quantitative estimate of drug-likeness (QED) is 0.481. The monoisotopic (exact) mass is 371 g/mol. The van der Waals surface area contributed by atoms with Crippen LogP contribution in [0.25, 0.3) is 0 Å². The van der Waals surface area contributed by atoms with Gasteiger partial charge in [0.15, 0.2) is 0 Å². The molecular formula is C13H18IN5. The molecule has 1 atom stereocenters. The van der Waals surface area contributed by atoms with Crippen LogP contribution in [0.3, 0.4) is 0 Å². The minimum atomic E-state index is 0.0383. The van der Waals surface area contributed by atoms with E-state index < -0.39 is 0 Å². The van der Waals surface area contributed by atoms with E-state index in [0.717, 1.165) is 17.8 Å². The molecule has 0 aliphatic carbocycles. The van der Waals surface area contributed by atoms with Gasteiger partial charge in [-0.3, -0.25) is 11.3 Å². The zero-order chi connectivity index (χ0) is 13.8. The standard InChI is InChI=1S/C13H18IN5/c1-9(2)19-13(16-8-17-19)7-12(18-15)10-4-3-5-11(14)6-10/h3-6,8-9,12,18H,7,15H2,1-2H3. The van der Waals surface area contributed by atoms with E-state index in [2.05, 4.69) is 70.1 Å². The Balaban J connectivity index is 2.22. The molecule has 2 aromatic rings. The van der Waals surface area contributed by atoms with Crippen LogP contribution in [0.15, 0.2) is 30.6 Å². The van der Waals surface area contributed by atoms with Gasteiger partial charge in [-0.1, -0.05) is 12.1 Å². The van der Waals surface area contributed by atoms with Gasteiger partial charge < -0.3 is 0 Å². The molecule has 5 nitrogen and oxygen atoms in total. The predicted molar refractivity (Wildman–Crippen MR) is 83.3 cm³/mol. The zero-order valence-corrected chi connectivity index (χ0v) is 13.2. The molecule has 6 heteroatoms. The lowest BCUT2D eigenvalue weighted by molar-refractivity contribution is 0.468. The maximum atomic E-state index is 5.69. The Labute approximate surface area is 126 Å². The van der Waals surface area contributed by atoms with Gasteiger partial charge in [-0.2, -0.15) is 5.10 Å². The van der Waals surface area contributed by atoms with E-state index in [9.17, 15) is 0 Å². The molecule has 0 spiro atoms. The molecule has 0 saturated heterocycles. The maximum absolute atomic E-state index is 5.69. The minimum Gasteiger partial charge on any atom is -0.271 e. The Morgan fingerprint density at radius 2 is 2.21 bits per heavy atom. The summed E-state index contributed by atoms with van der Waals surface area (Å²) in [6.45, 7) is 4.18. The predicted octanol–water partition coefficient (Wildman–Crippen LogP) is 2.21. The van der Waals surface area contributed by atoms with E-state index in [-0.39, 0.29) is 6.04 Å². The van der Waals surface area contributed by atoms with Crippen molar-refractivity contribution in [3.05, 3.63) is 45.6 Å². The van der Waals surface area contributed by atoms with E-state index in [1.807, 2.05) is 10.7 Å². The number of hydrazine groups is 1. The van der Waals surface area contributed by atoms with Gasteiger partial charge in [0.25, 0.3) is 0 Å². The van der Waals surface area contributed by atoms with E-state index in [1.54, 1.807) is 6.33 Å². The van der Waals surface area contributed by atoms with E-state index in [4.69, 9.17) is 5.84 Å². The molecule has 3 N–H and O–H groups in total. The molecule has 19 heavy (non-hydrogen) atoms. The lowest BCUT2D eigenvalue weighted by Crippen LogP contribution is -2.30. The van der Waals surface area contributed by atoms with Crippen molar-refractivity contribution in [3.8, 4) is 0 Å². The fourth-order valence-corrected chi connectivity index (χ4v) is 2.60. The maximum Gasteiger partial charge on any atom is 0.138 e. The normalized spacial score (nSPS) is 12.9. The second kappa shape index (κ2) is 6.44. The van der Waals surface area contributed by atoms with Crippen molar-refractivity contribution in [1.29, 1.82) is 0 Å². The number of hydrogen-bond acceptors (Lipinski definition) is 4. The minimum absolute atomic E-state index is 0.0383. The van der Waals surface area contributed by atoms with Gasteiger partial charge in [0.05, 0.1) is 6.04 Å². The molecular weight excluding hydrogens is 353 g/mol. The van der Waals surface area contributed by atoms with Crippen molar-refractivity contribution in [1.82, 2.24) is 20.2 Å². The van der Waals surface area contributed by atoms with Crippen LogP contribution in [0.4, 0.5) is 0 Å². The highest BCUT2D eigenvalue weighted by Gasteiger charge is 2.16. The third-order valence-corrected chi connectivity index (χ3v) is 3.65. The van der Waals surface area contributed by atoms with Crippen molar-refractivity contribution in [2.75, 3.05) is 0 Å². The first-order valence-electron chi connectivity index (χ1n) is 6.21. The Hall–Kier alpha value is -0.990. The summed E-state index contributed by atoms with van der Waals surface area (Å²) in [5.41, 5.74) is 4.03. The first kappa shape index (κ1) is 14.4. The van der Waals surface area contributed by atoms with Gasteiger partial charge in [-0.15, -0.1) is 0 Å². The van der Waals surface area contributed by atoms with Gasteiger partial charge in [-0.05, 0) is 54.1 Å². The van der Waals surface area contributed by atoms with Gasteiger partial charge in [0.1, 0.15) is 12.2 Å². The van der Waals surface area contributed by atoms with Crippen molar-refractivity contribution in [2.45, 2.75) is 32.4 Å². The summed E-state index contributed by atoms with van der Waals surface area (Å²) < 4.78 is 3.12. The van der Waals surface area contributed by atoms with Crippen LogP contribution in [0, 0.1) is 3.57 Å². The van der Waals surface area contributed by atoms with Crippen LogP contribution in [0.5, 0.6) is 0 Å². The molecule has 1 aromatic carbocycles. The van der Waals surface area contributed by atoms with Crippen LogP contribution < -0.4 is 11.3 Å². The first-order valence-corrected chi connectivity index (χ1v) is 7.29. The van der Waals surface area contributed by atoms with Crippen molar-refractivity contribution >= 4 is 22.6 Å². The molecule has 1 heterocycles. The second-order valence-corrected chi connectivity index (χ2v) is 5.94. The molecule has 0 amide bonds. The summed E-state index contributed by atoms with van der Waals surface area (Å²) in [5.74, 6) is 6.63. The molecule has 0 radical (unpaired) electrons. The van der Waals surface area contributed by atoms with Crippen LogP contribution >= 0.6 is 22.6 Å². The summed E-state index contributed by atoms with van der Waals surface area (Å²) >= 11 is 2.30. The second-order valence-electron chi connectivity index (χ2n) is 4.69. The number of rotatable bonds is 5.